The molecule has 0 aromatic carbocycles. The zero-order chi connectivity index (χ0) is 18.6. The van der Waals surface area contributed by atoms with E-state index in [1.54, 1.807) is 35.4 Å². The summed E-state index contributed by atoms with van der Waals surface area (Å²) >= 11 is 0. The lowest BCUT2D eigenvalue weighted by molar-refractivity contribution is 0.335. The molecule has 0 unspecified atom stereocenters. The molecule has 0 saturated carbocycles. The number of pyridine rings is 1. The summed E-state index contributed by atoms with van der Waals surface area (Å²) in [5.74, 6) is 2.20. The maximum Gasteiger partial charge on any atom is 0.266 e. The number of hydrogen-bond acceptors (Lipinski definition) is 6. The molecule has 0 spiro atoms. The highest BCUT2D eigenvalue weighted by atomic mass is 16.1. The van der Waals surface area contributed by atoms with Gasteiger partial charge in [-0.1, -0.05) is 0 Å². The first-order chi connectivity index (χ1) is 13.2. The van der Waals surface area contributed by atoms with Crippen molar-refractivity contribution >= 4 is 5.82 Å². The van der Waals surface area contributed by atoms with Gasteiger partial charge in [0.05, 0.1) is 5.69 Å². The average molecular weight is 362 g/mol. The van der Waals surface area contributed by atoms with E-state index in [9.17, 15) is 4.79 Å². The maximum absolute atomic E-state index is 12.3. The fraction of sp³-hybridized carbons (Fsp3) is 0.350. The van der Waals surface area contributed by atoms with Crippen molar-refractivity contribution in [1.82, 2.24) is 24.7 Å². The van der Waals surface area contributed by atoms with Crippen LogP contribution in [0.15, 0.2) is 53.7 Å². The van der Waals surface area contributed by atoms with Gasteiger partial charge in [0.15, 0.2) is 0 Å². The predicted octanol–water partition coefficient (Wildman–Crippen LogP) is 2.32. The molecule has 0 atom stereocenters. The Morgan fingerprint density at radius 1 is 1.04 bits per heavy atom. The molecular formula is C20H22N6O. The van der Waals surface area contributed by atoms with Gasteiger partial charge < -0.3 is 4.90 Å². The molecule has 4 heterocycles. The third-order valence-electron chi connectivity index (χ3n) is 4.97. The van der Waals surface area contributed by atoms with Crippen LogP contribution in [0.3, 0.4) is 0 Å². The summed E-state index contributed by atoms with van der Waals surface area (Å²) in [6, 6.07) is 9.13. The molecule has 0 amide bonds. The third kappa shape index (κ3) is 4.02. The van der Waals surface area contributed by atoms with E-state index in [1.165, 1.54) is 0 Å². The molecule has 27 heavy (non-hydrogen) atoms. The van der Waals surface area contributed by atoms with E-state index < -0.39 is 0 Å². The smallest absolute Gasteiger partial charge is 0.266 e. The van der Waals surface area contributed by atoms with Gasteiger partial charge in [-0.15, -0.1) is 0 Å². The lowest BCUT2D eigenvalue weighted by Gasteiger charge is -2.32. The number of anilines is 1. The van der Waals surface area contributed by atoms with E-state index in [4.69, 9.17) is 0 Å². The Labute approximate surface area is 157 Å². The fourth-order valence-corrected chi connectivity index (χ4v) is 3.47. The van der Waals surface area contributed by atoms with Gasteiger partial charge in [0.2, 0.25) is 0 Å². The van der Waals surface area contributed by atoms with Crippen molar-refractivity contribution in [1.29, 1.82) is 0 Å². The number of aryl methyl sites for hydroxylation is 1. The molecule has 0 aliphatic carbocycles. The van der Waals surface area contributed by atoms with Crippen molar-refractivity contribution in [2.75, 3.05) is 18.0 Å². The summed E-state index contributed by atoms with van der Waals surface area (Å²) < 4.78 is 1.60. The standard InChI is InChI=1S/C20H22N6O/c1-15-22-11-6-19(23-15)25-12-7-16(8-13-25)14-26-20(27)3-2-18(24-26)17-4-9-21-10-5-17/h2-6,9-11,16H,7-8,12-14H2,1H3. The normalized spacial score (nSPS) is 15.1. The summed E-state index contributed by atoms with van der Waals surface area (Å²) in [5.41, 5.74) is 1.71. The topological polar surface area (TPSA) is 76.8 Å². The highest BCUT2D eigenvalue weighted by Crippen LogP contribution is 2.23. The molecular weight excluding hydrogens is 340 g/mol. The van der Waals surface area contributed by atoms with Gasteiger partial charge in [0.1, 0.15) is 11.6 Å². The van der Waals surface area contributed by atoms with Crippen molar-refractivity contribution in [3.05, 3.63) is 65.1 Å². The number of nitrogens with zero attached hydrogens (tertiary/aromatic N) is 6. The van der Waals surface area contributed by atoms with Crippen molar-refractivity contribution < 1.29 is 0 Å². The lowest BCUT2D eigenvalue weighted by atomic mass is 9.97. The second kappa shape index (κ2) is 7.65. The molecule has 3 aromatic heterocycles. The summed E-state index contributed by atoms with van der Waals surface area (Å²) in [6.45, 7) is 4.42. The highest BCUT2D eigenvalue weighted by Gasteiger charge is 2.21. The van der Waals surface area contributed by atoms with Crippen molar-refractivity contribution in [2.24, 2.45) is 5.92 Å². The minimum absolute atomic E-state index is 0.0540. The molecule has 7 heteroatoms. The molecule has 138 valence electrons. The average Bonchev–Trinajstić information content (AvgIpc) is 2.71. The van der Waals surface area contributed by atoms with Gasteiger partial charge in [0, 0.05) is 49.9 Å². The second-order valence-corrected chi connectivity index (χ2v) is 6.87. The molecule has 7 nitrogen and oxygen atoms in total. The Bertz CT molecular complexity index is 963. The van der Waals surface area contributed by atoms with Crippen molar-refractivity contribution in [3.63, 3.8) is 0 Å². The summed E-state index contributed by atoms with van der Waals surface area (Å²) in [4.78, 5) is 27.2. The minimum Gasteiger partial charge on any atom is -0.356 e. The zero-order valence-corrected chi connectivity index (χ0v) is 15.3. The lowest BCUT2D eigenvalue weighted by Crippen LogP contribution is -2.37. The Hall–Kier alpha value is -3.09. The molecule has 1 aliphatic rings. The maximum atomic E-state index is 12.3. The Kier molecular flexibility index (Phi) is 4.91. The van der Waals surface area contributed by atoms with Crippen LogP contribution in [0.25, 0.3) is 11.3 Å². The molecule has 0 radical (unpaired) electrons. The van der Waals surface area contributed by atoms with Gasteiger partial charge in [-0.2, -0.15) is 5.10 Å². The highest BCUT2D eigenvalue weighted by molar-refractivity contribution is 5.57. The zero-order valence-electron chi connectivity index (χ0n) is 15.3. The van der Waals surface area contributed by atoms with E-state index in [-0.39, 0.29) is 5.56 Å². The van der Waals surface area contributed by atoms with Crippen LogP contribution < -0.4 is 10.5 Å². The van der Waals surface area contributed by atoms with Gasteiger partial charge in [-0.05, 0) is 49.9 Å². The quantitative estimate of drug-likeness (QED) is 0.709. The van der Waals surface area contributed by atoms with Crippen molar-refractivity contribution in [3.8, 4) is 11.3 Å². The Balaban J connectivity index is 1.44. The fourth-order valence-electron chi connectivity index (χ4n) is 3.47. The van der Waals surface area contributed by atoms with Gasteiger partial charge in [-0.3, -0.25) is 9.78 Å². The van der Waals surface area contributed by atoms with Crippen LogP contribution in [0.4, 0.5) is 5.82 Å². The Morgan fingerprint density at radius 2 is 1.81 bits per heavy atom. The van der Waals surface area contributed by atoms with Crippen molar-refractivity contribution in [2.45, 2.75) is 26.3 Å². The molecule has 1 saturated heterocycles. The number of piperidine rings is 1. The van der Waals surface area contributed by atoms with Gasteiger partial charge in [0.25, 0.3) is 5.56 Å². The van der Waals surface area contributed by atoms with Gasteiger partial charge in [-0.25, -0.2) is 14.6 Å². The van der Waals surface area contributed by atoms with Crippen LogP contribution >= 0.6 is 0 Å². The minimum atomic E-state index is -0.0540. The first kappa shape index (κ1) is 17.3. The molecule has 1 fully saturated rings. The predicted molar refractivity (Wildman–Crippen MR) is 103 cm³/mol. The summed E-state index contributed by atoms with van der Waals surface area (Å²) in [7, 11) is 0. The van der Waals surface area contributed by atoms with Crippen LogP contribution in [-0.2, 0) is 6.54 Å². The SMILES string of the molecule is Cc1nccc(N2CCC(Cn3nc(-c4ccncc4)ccc3=O)CC2)n1. The second-order valence-electron chi connectivity index (χ2n) is 6.87. The van der Waals surface area contributed by atoms with E-state index in [0.717, 1.165) is 48.8 Å². The van der Waals surface area contributed by atoms with Gasteiger partial charge >= 0.3 is 0 Å². The molecule has 4 rings (SSSR count). The van der Waals surface area contributed by atoms with E-state index in [1.807, 2.05) is 25.1 Å². The van der Waals surface area contributed by atoms with Crippen LogP contribution in [0.1, 0.15) is 18.7 Å². The van der Waals surface area contributed by atoms with E-state index in [2.05, 4.69) is 25.0 Å². The summed E-state index contributed by atoms with van der Waals surface area (Å²) in [6.07, 6.45) is 7.29. The molecule has 3 aromatic rings. The first-order valence-corrected chi connectivity index (χ1v) is 9.22. The molecule has 1 aliphatic heterocycles. The molecule has 0 N–H and O–H groups in total. The third-order valence-corrected chi connectivity index (χ3v) is 4.97. The molecule has 0 bridgehead atoms. The van der Waals surface area contributed by atoms with Crippen LogP contribution in [0, 0.1) is 12.8 Å². The monoisotopic (exact) mass is 362 g/mol. The largest absolute Gasteiger partial charge is 0.356 e. The number of aromatic nitrogens is 5. The summed E-state index contributed by atoms with van der Waals surface area (Å²) in [5, 5.41) is 4.57. The Morgan fingerprint density at radius 3 is 2.56 bits per heavy atom. The first-order valence-electron chi connectivity index (χ1n) is 9.22. The van der Waals surface area contributed by atoms with E-state index in [0.29, 0.717) is 12.5 Å². The van der Waals surface area contributed by atoms with E-state index >= 15 is 0 Å². The van der Waals surface area contributed by atoms with Crippen LogP contribution in [-0.4, -0.2) is 37.8 Å². The van der Waals surface area contributed by atoms with Crippen LogP contribution in [0.5, 0.6) is 0 Å². The van der Waals surface area contributed by atoms with Crippen LogP contribution in [0.2, 0.25) is 0 Å². The number of rotatable bonds is 4. The number of hydrogen-bond donors (Lipinski definition) is 0.